The van der Waals surface area contributed by atoms with E-state index >= 15 is 0 Å². The van der Waals surface area contributed by atoms with Crippen LogP contribution in [0.5, 0.6) is 0 Å². The molecule has 1 amide bonds. The van der Waals surface area contributed by atoms with Crippen molar-refractivity contribution in [1.82, 2.24) is 10.3 Å². The van der Waals surface area contributed by atoms with Crippen LogP contribution < -0.4 is 15.1 Å². The van der Waals surface area contributed by atoms with Gasteiger partial charge in [0, 0.05) is 38.4 Å². The van der Waals surface area contributed by atoms with Crippen molar-refractivity contribution in [3.63, 3.8) is 0 Å². The first-order valence-electron chi connectivity index (χ1n) is 9.74. The second kappa shape index (κ2) is 9.51. The Hall–Kier alpha value is -3.21. The second-order valence-corrected chi connectivity index (χ2v) is 9.08. The minimum Gasteiger partial charge on any atom is -0.360 e. The lowest BCUT2D eigenvalue weighted by Crippen LogP contribution is -2.36. The highest BCUT2D eigenvalue weighted by Crippen LogP contribution is 2.26. The van der Waals surface area contributed by atoms with Crippen LogP contribution in [-0.4, -0.2) is 53.4 Å². The number of para-hydroxylation sites is 1. The van der Waals surface area contributed by atoms with Gasteiger partial charge in [-0.3, -0.25) is 13.9 Å². The summed E-state index contributed by atoms with van der Waals surface area (Å²) in [6.45, 7) is 1.86. The normalized spacial score (nSPS) is 11.7. The number of nitrogens with zero attached hydrogens (tertiary/aromatic N) is 1. The third-order valence-electron chi connectivity index (χ3n) is 5.17. The number of benzene rings is 2. The van der Waals surface area contributed by atoms with Gasteiger partial charge in [0.15, 0.2) is 6.29 Å². The van der Waals surface area contributed by atoms with Crippen molar-refractivity contribution in [2.24, 2.45) is 0 Å². The lowest BCUT2D eigenvalue weighted by Gasteiger charge is -2.21. The number of aromatic nitrogens is 1. The van der Waals surface area contributed by atoms with E-state index in [1.807, 2.05) is 19.1 Å². The molecule has 2 N–H and O–H groups in total. The third-order valence-corrected chi connectivity index (χ3v) is 6.93. The number of hydrogen-bond acceptors (Lipinski definition) is 6. The van der Waals surface area contributed by atoms with Crippen molar-refractivity contribution in [2.75, 3.05) is 32.1 Å². The van der Waals surface area contributed by atoms with Crippen LogP contribution in [-0.2, 0) is 19.5 Å². The van der Waals surface area contributed by atoms with Gasteiger partial charge in [-0.15, -0.1) is 0 Å². The summed E-state index contributed by atoms with van der Waals surface area (Å²) in [5.74, 6) is -0.627. The fraction of sp³-hybridized carbons (Fsp3) is 0.273. The number of ether oxygens (including phenoxy) is 2. The van der Waals surface area contributed by atoms with E-state index < -0.39 is 27.6 Å². The summed E-state index contributed by atoms with van der Waals surface area (Å²) in [7, 11) is 0.378. The monoisotopic (exact) mass is 459 g/mol. The summed E-state index contributed by atoms with van der Waals surface area (Å²) in [5, 5.41) is 2.65. The summed E-state index contributed by atoms with van der Waals surface area (Å²) >= 11 is 0. The molecule has 10 heteroatoms. The van der Waals surface area contributed by atoms with Crippen LogP contribution in [0.25, 0.3) is 10.9 Å². The fourth-order valence-corrected chi connectivity index (χ4v) is 4.55. The number of carbonyl (C=O) groups is 1. The van der Waals surface area contributed by atoms with Crippen molar-refractivity contribution < 1.29 is 22.7 Å². The van der Waals surface area contributed by atoms with Gasteiger partial charge in [-0.2, -0.15) is 0 Å². The Morgan fingerprint density at radius 2 is 1.84 bits per heavy atom. The van der Waals surface area contributed by atoms with Gasteiger partial charge in [0.25, 0.3) is 15.9 Å². The Kier molecular flexibility index (Phi) is 6.97. The van der Waals surface area contributed by atoms with E-state index in [4.69, 9.17) is 9.47 Å². The molecule has 0 aliphatic carbocycles. The van der Waals surface area contributed by atoms with Crippen molar-refractivity contribution in [3.05, 3.63) is 70.0 Å². The molecule has 0 spiro atoms. The molecular formula is C22H25N3O6S. The summed E-state index contributed by atoms with van der Waals surface area (Å²) in [6.07, 6.45) is 0.634. The molecule has 0 radical (unpaired) electrons. The lowest BCUT2D eigenvalue weighted by atomic mass is 10.1. The van der Waals surface area contributed by atoms with E-state index in [9.17, 15) is 18.0 Å². The number of amides is 1. The number of aromatic amines is 1. The van der Waals surface area contributed by atoms with Crippen molar-refractivity contribution in [2.45, 2.75) is 18.1 Å². The van der Waals surface area contributed by atoms with Crippen LogP contribution in [0.1, 0.15) is 15.9 Å². The molecule has 0 saturated heterocycles. The van der Waals surface area contributed by atoms with E-state index in [1.54, 1.807) is 12.1 Å². The molecule has 2 aromatic carbocycles. The number of aryl methyl sites for hydroxylation is 1. The molecule has 0 aliphatic rings. The molecule has 3 aromatic rings. The highest BCUT2D eigenvalue weighted by atomic mass is 32.2. The maximum absolute atomic E-state index is 13.2. The van der Waals surface area contributed by atoms with Gasteiger partial charge in [0.2, 0.25) is 5.43 Å². The van der Waals surface area contributed by atoms with Crippen LogP contribution in [0.3, 0.4) is 0 Å². The average molecular weight is 460 g/mol. The molecule has 170 valence electrons. The Morgan fingerprint density at radius 1 is 1.16 bits per heavy atom. The highest BCUT2D eigenvalue weighted by molar-refractivity contribution is 7.92. The van der Waals surface area contributed by atoms with E-state index in [0.717, 1.165) is 5.56 Å². The molecule has 0 atom stereocenters. The number of anilines is 1. The van der Waals surface area contributed by atoms with E-state index in [1.165, 1.54) is 50.0 Å². The van der Waals surface area contributed by atoms with Gasteiger partial charge in [0.1, 0.15) is 5.56 Å². The molecule has 9 nitrogen and oxygen atoms in total. The maximum Gasteiger partial charge on any atom is 0.264 e. The average Bonchev–Trinajstić information content (AvgIpc) is 2.79. The van der Waals surface area contributed by atoms with Gasteiger partial charge >= 0.3 is 0 Å². The summed E-state index contributed by atoms with van der Waals surface area (Å²) in [6, 6.07) is 11.3. The number of H-pyrrole nitrogens is 1. The molecule has 0 aliphatic heterocycles. The predicted octanol–water partition coefficient (Wildman–Crippen LogP) is 2.01. The SMILES string of the molecule is COC(CNC(=O)c1c[nH]c2ccc(S(=O)(=O)N(C)c3ccccc3C)cc2c1=O)OC. The molecule has 32 heavy (non-hydrogen) atoms. The summed E-state index contributed by atoms with van der Waals surface area (Å²) < 4.78 is 37.6. The zero-order chi connectivity index (χ0) is 23.5. The Bertz CT molecular complexity index is 1300. The molecule has 0 saturated carbocycles. The smallest absolute Gasteiger partial charge is 0.264 e. The van der Waals surface area contributed by atoms with E-state index in [0.29, 0.717) is 11.2 Å². The van der Waals surface area contributed by atoms with Crippen LogP contribution >= 0.6 is 0 Å². The van der Waals surface area contributed by atoms with Gasteiger partial charge < -0.3 is 19.8 Å². The number of carbonyl (C=O) groups excluding carboxylic acids is 1. The largest absolute Gasteiger partial charge is 0.360 e. The van der Waals surface area contributed by atoms with Gasteiger partial charge in [0.05, 0.1) is 17.1 Å². The molecule has 1 aromatic heterocycles. The van der Waals surface area contributed by atoms with Gasteiger partial charge in [-0.1, -0.05) is 18.2 Å². The van der Waals surface area contributed by atoms with Gasteiger partial charge in [-0.05, 0) is 36.8 Å². The van der Waals surface area contributed by atoms with E-state index in [2.05, 4.69) is 10.3 Å². The fourth-order valence-electron chi connectivity index (χ4n) is 3.27. The molecule has 3 rings (SSSR count). The topological polar surface area (TPSA) is 118 Å². The number of sulfonamides is 1. The van der Waals surface area contributed by atoms with Crippen molar-refractivity contribution >= 4 is 32.5 Å². The molecular weight excluding hydrogens is 434 g/mol. The molecule has 0 unspecified atom stereocenters. The minimum absolute atomic E-state index is 0.0406. The first-order valence-corrected chi connectivity index (χ1v) is 11.2. The summed E-state index contributed by atoms with van der Waals surface area (Å²) in [5.41, 5.74) is 1.00. The Labute approximate surface area is 186 Å². The quantitative estimate of drug-likeness (QED) is 0.498. The predicted molar refractivity (Wildman–Crippen MR) is 121 cm³/mol. The Morgan fingerprint density at radius 3 is 2.50 bits per heavy atom. The minimum atomic E-state index is -3.94. The molecule has 0 fully saturated rings. The zero-order valence-electron chi connectivity index (χ0n) is 18.2. The number of methoxy groups -OCH3 is 2. The van der Waals surface area contributed by atoms with Gasteiger partial charge in [-0.25, -0.2) is 8.42 Å². The lowest BCUT2D eigenvalue weighted by molar-refractivity contribution is -0.0974. The van der Waals surface area contributed by atoms with Crippen LogP contribution in [0.4, 0.5) is 5.69 Å². The molecule has 0 bridgehead atoms. The molecule has 1 heterocycles. The third kappa shape index (κ3) is 4.52. The van der Waals surface area contributed by atoms with Crippen LogP contribution in [0.15, 0.2) is 58.4 Å². The van der Waals surface area contributed by atoms with Crippen molar-refractivity contribution in [1.29, 1.82) is 0 Å². The van der Waals surface area contributed by atoms with Crippen LogP contribution in [0.2, 0.25) is 0 Å². The first-order chi connectivity index (χ1) is 15.2. The second-order valence-electron chi connectivity index (χ2n) is 7.11. The standard InChI is InChI=1S/C22H25N3O6S/c1-14-7-5-6-8-19(14)25(2)32(28,29)15-9-10-18-16(11-15)21(26)17(12-23-18)22(27)24-13-20(30-3)31-4/h5-12,20H,13H2,1-4H3,(H,23,26)(H,24,27). The van der Waals surface area contributed by atoms with E-state index in [-0.39, 0.29) is 22.4 Å². The number of fused-ring (bicyclic) bond motifs is 1. The van der Waals surface area contributed by atoms with Crippen LogP contribution in [0, 0.1) is 6.92 Å². The number of nitrogens with one attached hydrogen (secondary N) is 2. The van der Waals surface area contributed by atoms with Crippen molar-refractivity contribution in [3.8, 4) is 0 Å². The first kappa shape index (κ1) is 23.5. The highest BCUT2D eigenvalue weighted by Gasteiger charge is 2.24. The maximum atomic E-state index is 13.2. The number of rotatable bonds is 8. The summed E-state index contributed by atoms with van der Waals surface area (Å²) in [4.78, 5) is 28.3. The Balaban J connectivity index is 1.99. The zero-order valence-corrected chi connectivity index (χ0v) is 19.0. The number of pyridine rings is 1. The number of hydrogen-bond donors (Lipinski definition) is 2.